The van der Waals surface area contributed by atoms with Crippen LogP contribution in [0.5, 0.6) is 0 Å². The lowest BCUT2D eigenvalue weighted by Crippen LogP contribution is -2.35. The number of carbonyl (C=O) groups is 2. The van der Waals surface area contributed by atoms with Crippen LogP contribution < -0.4 is 5.32 Å². The minimum atomic E-state index is -0.318. The molecule has 0 aliphatic carbocycles. The molecular weight excluding hydrogens is 368 g/mol. The van der Waals surface area contributed by atoms with Gasteiger partial charge in [-0.05, 0) is 24.3 Å². The quantitative estimate of drug-likeness (QED) is 0.826. The van der Waals surface area contributed by atoms with E-state index in [1.165, 1.54) is 16.7 Å². The van der Waals surface area contributed by atoms with E-state index in [0.29, 0.717) is 13.1 Å². The Balaban J connectivity index is 1.69. The maximum absolute atomic E-state index is 12.0. The Morgan fingerprint density at radius 2 is 2.14 bits per heavy atom. The second-order valence-electron chi connectivity index (χ2n) is 4.62. The van der Waals surface area contributed by atoms with E-state index in [1.807, 2.05) is 35.0 Å². The molecule has 2 aromatic rings. The topological polar surface area (TPSA) is 67.2 Å². The number of rotatable bonds is 4. The normalized spacial score (nSPS) is 14.2. The molecule has 1 aromatic carbocycles. The third-order valence-corrected chi connectivity index (χ3v) is 4.67. The van der Waals surface area contributed by atoms with Crippen LogP contribution in [-0.2, 0) is 4.79 Å². The van der Waals surface area contributed by atoms with Gasteiger partial charge in [0, 0.05) is 35.6 Å². The molecule has 0 unspecified atom stereocenters. The highest BCUT2D eigenvalue weighted by Gasteiger charge is 2.26. The van der Waals surface area contributed by atoms with Crippen LogP contribution >= 0.6 is 27.7 Å². The highest BCUT2D eigenvalue weighted by atomic mass is 79.9. The van der Waals surface area contributed by atoms with E-state index in [2.05, 4.69) is 26.2 Å². The van der Waals surface area contributed by atoms with E-state index in [9.17, 15) is 9.59 Å². The zero-order chi connectivity index (χ0) is 15.5. The van der Waals surface area contributed by atoms with Gasteiger partial charge < -0.3 is 5.32 Å². The Kier molecular flexibility index (Phi) is 4.49. The molecular formula is C14H13BrN4O2S. The number of carbonyl (C=O) groups excluding carboxylic acids is 2. The predicted molar refractivity (Wildman–Crippen MR) is 87.1 cm³/mol. The van der Waals surface area contributed by atoms with E-state index in [1.54, 1.807) is 6.20 Å². The molecule has 8 heteroatoms. The highest BCUT2D eigenvalue weighted by molar-refractivity contribution is 9.10. The molecule has 3 amide bonds. The summed E-state index contributed by atoms with van der Waals surface area (Å²) in [6.45, 7) is 0.947. The summed E-state index contributed by atoms with van der Waals surface area (Å²) < 4.78 is 2.91. The van der Waals surface area contributed by atoms with Gasteiger partial charge in [-0.2, -0.15) is 0 Å². The second-order valence-corrected chi connectivity index (χ2v) is 6.48. The van der Waals surface area contributed by atoms with Crippen LogP contribution in [0.2, 0.25) is 0 Å². The number of urea groups is 1. The van der Waals surface area contributed by atoms with Gasteiger partial charge in [0.1, 0.15) is 0 Å². The fourth-order valence-corrected chi connectivity index (χ4v) is 3.22. The van der Waals surface area contributed by atoms with Gasteiger partial charge in [0.05, 0.1) is 5.75 Å². The van der Waals surface area contributed by atoms with Gasteiger partial charge in [0.15, 0.2) is 5.16 Å². The van der Waals surface area contributed by atoms with Gasteiger partial charge >= 0.3 is 6.03 Å². The number of hydrogen-bond donors (Lipinski definition) is 1. The SMILES string of the molecule is O=C(CSc1nccn1-c1ccc(Br)cc1)N1CCNC1=O. The van der Waals surface area contributed by atoms with E-state index in [0.717, 1.165) is 15.3 Å². The van der Waals surface area contributed by atoms with Gasteiger partial charge in [-0.1, -0.05) is 27.7 Å². The summed E-state index contributed by atoms with van der Waals surface area (Å²) in [6.07, 6.45) is 3.54. The molecule has 0 spiro atoms. The van der Waals surface area contributed by atoms with Crippen LogP contribution in [0.15, 0.2) is 46.3 Å². The summed E-state index contributed by atoms with van der Waals surface area (Å²) in [5, 5.41) is 3.34. The highest BCUT2D eigenvalue weighted by Crippen LogP contribution is 2.22. The lowest BCUT2D eigenvalue weighted by molar-refractivity contribution is -0.124. The molecule has 1 fully saturated rings. The molecule has 1 aliphatic heterocycles. The third-order valence-electron chi connectivity index (χ3n) is 3.19. The molecule has 1 saturated heterocycles. The maximum atomic E-state index is 12.0. The van der Waals surface area contributed by atoms with Crippen molar-refractivity contribution in [2.24, 2.45) is 0 Å². The van der Waals surface area contributed by atoms with Crippen LogP contribution in [0.4, 0.5) is 4.79 Å². The molecule has 6 nitrogen and oxygen atoms in total. The molecule has 22 heavy (non-hydrogen) atoms. The second kappa shape index (κ2) is 6.53. The van der Waals surface area contributed by atoms with Crippen LogP contribution in [0.1, 0.15) is 0 Å². The number of nitrogens with zero attached hydrogens (tertiary/aromatic N) is 3. The monoisotopic (exact) mass is 380 g/mol. The summed E-state index contributed by atoms with van der Waals surface area (Å²) in [7, 11) is 0. The van der Waals surface area contributed by atoms with Crippen molar-refractivity contribution in [3.63, 3.8) is 0 Å². The van der Waals surface area contributed by atoms with Gasteiger partial charge in [-0.3, -0.25) is 14.3 Å². The van der Waals surface area contributed by atoms with Crippen LogP contribution in [0.25, 0.3) is 5.69 Å². The van der Waals surface area contributed by atoms with Crippen molar-refractivity contribution in [2.45, 2.75) is 5.16 Å². The Morgan fingerprint density at radius 1 is 1.36 bits per heavy atom. The van der Waals surface area contributed by atoms with Crippen molar-refractivity contribution in [2.75, 3.05) is 18.8 Å². The lowest BCUT2D eigenvalue weighted by atomic mass is 10.3. The molecule has 1 N–H and O–H groups in total. The zero-order valence-corrected chi connectivity index (χ0v) is 13.9. The molecule has 0 bridgehead atoms. The van der Waals surface area contributed by atoms with Crippen LogP contribution in [0.3, 0.4) is 0 Å². The smallest absolute Gasteiger partial charge is 0.324 e. The molecule has 1 aliphatic rings. The number of benzene rings is 1. The van der Waals surface area contributed by atoms with E-state index in [4.69, 9.17) is 0 Å². The summed E-state index contributed by atoms with van der Waals surface area (Å²) in [5.41, 5.74) is 0.967. The molecule has 1 aromatic heterocycles. The Bertz CT molecular complexity index is 701. The van der Waals surface area contributed by atoms with Gasteiger partial charge in [-0.15, -0.1) is 0 Å². The summed E-state index contributed by atoms with van der Waals surface area (Å²) in [5.74, 6) is -0.0219. The van der Waals surface area contributed by atoms with Crippen molar-refractivity contribution >= 4 is 39.6 Å². The fourth-order valence-electron chi connectivity index (χ4n) is 2.11. The van der Waals surface area contributed by atoms with Crippen LogP contribution in [-0.4, -0.2) is 45.2 Å². The number of amides is 3. The number of hydrogen-bond acceptors (Lipinski definition) is 4. The first kappa shape index (κ1) is 15.1. The molecule has 0 atom stereocenters. The van der Waals surface area contributed by atoms with Gasteiger partial charge in [-0.25, -0.2) is 9.78 Å². The number of thioether (sulfide) groups is 1. The molecule has 114 valence electrons. The number of imide groups is 1. The number of halogens is 1. The minimum Gasteiger partial charge on any atom is -0.336 e. The van der Waals surface area contributed by atoms with E-state index >= 15 is 0 Å². The predicted octanol–water partition coefficient (Wildman–Crippen LogP) is 2.28. The maximum Gasteiger partial charge on any atom is 0.324 e. The van der Waals surface area contributed by atoms with Crippen molar-refractivity contribution in [3.05, 3.63) is 41.1 Å². The first-order valence-electron chi connectivity index (χ1n) is 6.65. The molecule has 0 radical (unpaired) electrons. The van der Waals surface area contributed by atoms with Crippen molar-refractivity contribution < 1.29 is 9.59 Å². The van der Waals surface area contributed by atoms with Crippen molar-refractivity contribution in [1.82, 2.24) is 19.8 Å². The average molecular weight is 381 g/mol. The standard InChI is InChI=1S/C14H13BrN4O2S/c15-10-1-3-11(4-2-10)18-7-6-17-14(18)22-9-12(20)19-8-5-16-13(19)21/h1-4,6-7H,5,8-9H2,(H,16,21). The number of imidazole rings is 1. The number of nitrogens with one attached hydrogen (secondary N) is 1. The van der Waals surface area contributed by atoms with Gasteiger partial charge in [0.2, 0.25) is 5.91 Å². The van der Waals surface area contributed by atoms with Crippen LogP contribution in [0, 0.1) is 0 Å². The lowest BCUT2D eigenvalue weighted by Gasteiger charge is -2.12. The summed E-state index contributed by atoms with van der Waals surface area (Å²) >= 11 is 4.72. The van der Waals surface area contributed by atoms with Gasteiger partial charge in [0.25, 0.3) is 0 Å². The van der Waals surface area contributed by atoms with E-state index in [-0.39, 0.29) is 17.7 Å². The summed E-state index contributed by atoms with van der Waals surface area (Å²) in [4.78, 5) is 29.0. The molecule has 2 heterocycles. The number of aromatic nitrogens is 2. The Labute approximate surface area is 140 Å². The molecule has 3 rings (SSSR count). The zero-order valence-electron chi connectivity index (χ0n) is 11.5. The first-order valence-corrected chi connectivity index (χ1v) is 8.43. The fraction of sp³-hybridized carbons (Fsp3) is 0.214. The largest absolute Gasteiger partial charge is 0.336 e. The molecule has 0 saturated carbocycles. The third kappa shape index (κ3) is 3.17. The van der Waals surface area contributed by atoms with Crippen molar-refractivity contribution in [3.8, 4) is 5.69 Å². The average Bonchev–Trinajstić information content (AvgIpc) is 3.14. The Morgan fingerprint density at radius 3 is 2.82 bits per heavy atom. The first-order chi connectivity index (χ1) is 10.6. The van der Waals surface area contributed by atoms with E-state index < -0.39 is 0 Å². The minimum absolute atomic E-state index is 0.182. The van der Waals surface area contributed by atoms with Crippen molar-refractivity contribution in [1.29, 1.82) is 0 Å². The Hall–Kier alpha value is -1.80. The summed E-state index contributed by atoms with van der Waals surface area (Å²) in [6, 6.07) is 7.51.